The Morgan fingerprint density at radius 1 is 1.55 bits per heavy atom. The molecule has 7 heteroatoms. The summed E-state index contributed by atoms with van der Waals surface area (Å²) in [7, 11) is 1.76. The molecule has 126 valence electrons. The zero-order valence-corrected chi connectivity index (χ0v) is 15.5. The summed E-state index contributed by atoms with van der Waals surface area (Å²) in [5.74, 6) is 1.75. The molecule has 0 aliphatic carbocycles. The van der Waals surface area contributed by atoms with E-state index in [0.717, 1.165) is 37.7 Å². The van der Waals surface area contributed by atoms with Crippen LogP contribution in [0, 0.1) is 0 Å². The maximum Gasteiger partial charge on any atom is 0.191 e. The molecule has 0 aromatic carbocycles. The first-order valence-corrected chi connectivity index (χ1v) is 7.47. The number of hydrogen-bond acceptors (Lipinski definition) is 4. The highest BCUT2D eigenvalue weighted by molar-refractivity contribution is 14.0. The van der Waals surface area contributed by atoms with Gasteiger partial charge in [0.25, 0.3) is 0 Å². The van der Waals surface area contributed by atoms with Gasteiger partial charge in [0.2, 0.25) is 0 Å². The van der Waals surface area contributed by atoms with Crippen molar-refractivity contribution in [2.75, 3.05) is 33.4 Å². The minimum Gasteiger partial charge on any atom is -0.469 e. The van der Waals surface area contributed by atoms with Gasteiger partial charge in [-0.25, -0.2) is 0 Å². The highest BCUT2D eigenvalue weighted by Gasteiger charge is 2.17. The van der Waals surface area contributed by atoms with Crippen molar-refractivity contribution in [3.63, 3.8) is 0 Å². The molecule has 0 spiro atoms. The third kappa shape index (κ3) is 6.97. The van der Waals surface area contributed by atoms with Crippen molar-refractivity contribution in [2.24, 2.45) is 4.99 Å². The number of aliphatic imine (C=N–C) groups is 1. The molecule has 0 bridgehead atoms. The molecule has 2 N–H and O–H groups in total. The summed E-state index contributed by atoms with van der Waals surface area (Å²) in [5.41, 5.74) is 0. The van der Waals surface area contributed by atoms with Crippen molar-refractivity contribution in [3.05, 3.63) is 24.2 Å². The average molecular weight is 423 g/mol. The summed E-state index contributed by atoms with van der Waals surface area (Å²) in [5, 5.41) is 6.58. The number of furan rings is 1. The monoisotopic (exact) mass is 423 g/mol. The second-order valence-electron chi connectivity index (χ2n) is 5.19. The Labute approximate surface area is 149 Å². The highest BCUT2D eigenvalue weighted by atomic mass is 127. The second-order valence-corrected chi connectivity index (χ2v) is 5.19. The lowest BCUT2D eigenvalue weighted by Crippen LogP contribution is -2.45. The van der Waals surface area contributed by atoms with E-state index >= 15 is 0 Å². The molecule has 0 radical (unpaired) electrons. The first-order chi connectivity index (χ1) is 10.3. The van der Waals surface area contributed by atoms with Crippen LogP contribution < -0.4 is 10.6 Å². The average Bonchev–Trinajstić information content (AvgIpc) is 3.17. The van der Waals surface area contributed by atoms with Crippen LogP contribution in [-0.4, -0.2) is 51.5 Å². The van der Waals surface area contributed by atoms with Gasteiger partial charge in [0, 0.05) is 32.7 Å². The fraction of sp³-hybridized carbons (Fsp3) is 0.667. The lowest BCUT2D eigenvalue weighted by atomic mass is 10.3. The molecule has 1 aliphatic rings. The Morgan fingerprint density at radius 2 is 2.41 bits per heavy atom. The van der Waals surface area contributed by atoms with Crippen molar-refractivity contribution < 1.29 is 13.9 Å². The maximum atomic E-state index is 5.79. The number of hydrogen-bond donors (Lipinski definition) is 2. The molecule has 22 heavy (non-hydrogen) atoms. The quantitative estimate of drug-likeness (QED) is 0.398. The number of halogens is 1. The van der Waals surface area contributed by atoms with Crippen LogP contribution in [-0.2, 0) is 15.9 Å². The minimum absolute atomic E-state index is 0. The molecule has 1 aromatic heterocycles. The summed E-state index contributed by atoms with van der Waals surface area (Å²) < 4.78 is 16.4. The van der Waals surface area contributed by atoms with Crippen molar-refractivity contribution in [2.45, 2.75) is 31.9 Å². The van der Waals surface area contributed by atoms with E-state index < -0.39 is 0 Å². The van der Waals surface area contributed by atoms with E-state index in [4.69, 9.17) is 13.9 Å². The summed E-state index contributed by atoms with van der Waals surface area (Å²) in [6, 6.07) is 4.06. The Morgan fingerprint density at radius 3 is 3.05 bits per heavy atom. The Balaban J connectivity index is 0.00000242. The predicted octanol–water partition coefficient (Wildman–Crippen LogP) is 1.80. The zero-order chi connectivity index (χ0) is 14.9. The van der Waals surface area contributed by atoms with E-state index in [2.05, 4.69) is 22.5 Å². The molecule has 0 amide bonds. The number of ether oxygens (including phenoxy) is 2. The van der Waals surface area contributed by atoms with Crippen LogP contribution in [0.4, 0.5) is 0 Å². The number of guanidine groups is 1. The van der Waals surface area contributed by atoms with Crippen LogP contribution in [0.3, 0.4) is 0 Å². The lowest BCUT2D eigenvalue weighted by molar-refractivity contribution is 0.0347. The standard InChI is InChI=1S/C15H25N3O3.HI/c1-12(10-21-14-6-9-19-11-14)18-15(16-2)17-7-5-13-4-3-8-20-13;/h3-4,8,12,14H,5-7,9-11H2,1-2H3,(H2,16,17,18);1H. The van der Waals surface area contributed by atoms with Gasteiger partial charge in [-0.3, -0.25) is 4.99 Å². The first-order valence-electron chi connectivity index (χ1n) is 7.47. The van der Waals surface area contributed by atoms with E-state index in [1.54, 1.807) is 13.3 Å². The van der Waals surface area contributed by atoms with Gasteiger partial charge in [-0.05, 0) is 25.5 Å². The fourth-order valence-corrected chi connectivity index (χ4v) is 2.15. The maximum absolute atomic E-state index is 5.79. The fourth-order valence-electron chi connectivity index (χ4n) is 2.15. The second kappa shape index (κ2) is 10.8. The molecular formula is C15H26IN3O3. The summed E-state index contributed by atoms with van der Waals surface area (Å²) in [4.78, 5) is 4.21. The molecule has 1 aromatic rings. The van der Waals surface area contributed by atoms with Gasteiger partial charge >= 0.3 is 0 Å². The topological polar surface area (TPSA) is 68.0 Å². The number of nitrogens with zero attached hydrogens (tertiary/aromatic N) is 1. The SMILES string of the molecule is CN=C(NCCc1ccco1)NC(C)COC1CCOC1.I. The Hall–Kier alpha value is -0.800. The molecule has 2 unspecified atom stereocenters. The molecule has 1 aliphatic heterocycles. The summed E-state index contributed by atoms with van der Waals surface area (Å²) >= 11 is 0. The zero-order valence-electron chi connectivity index (χ0n) is 13.2. The van der Waals surface area contributed by atoms with Crippen molar-refractivity contribution in [1.82, 2.24) is 10.6 Å². The van der Waals surface area contributed by atoms with Crippen molar-refractivity contribution >= 4 is 29.9 Å². The van der Waals surface area contributed by atoms with Crippen molar-refractivity contribution in [3.8, 4) is 0 Å². The molecule has 0 saturated carbocycles. The van der Waals surface area contributed by atoms with E-state index in [0.29, 0.717) is 13.2 Å². The Kier molecular flexibility index (Phi) is 9.49. The van der Waals surface area contributed by atoms with Gasteiger partial charge in [0.05, 0.1) is 25.6 Å². The van der Waals surface area contributed by atoms with Gasteiger partial charge in [-0.1, -0.05) is 0 Å². The van der Waals surface area contributed by atoms with Gasteiger partial charge in [-0.2, -0.15) is 0 Å². The van der Waals surface area contributed by atoms with E-state index in [9.17, 15) is 0 Å². The first kappa shape index (κ1) is 19.2. The van der Waals surface area contributed by atoms with Crippen LogP contribution >= 0.6 is 24.0 Å². The van der Waals surface area contributed by atoms with Crippen LogP contribution in [0.15, 0.2) is 27.8 Å². The molecular weight excluding hydrogens is 397 g/mol. The van der Waals surface area contributed by atoms with E-state index in [1.165, 1.54) is 0 Å². The van der Waals surface area contributed by atoms with Gasteiger partial charge in [0.1, 0.15) is 5.76 Å². The predicted molar refractivity (Wildman–Crippen MR) is 97.0 cm³/mol. The molecule has 1 fully saturated rings. The third-order valence-corrected chi connectivity index (χ3v) is 3.32. The molecule has 6 nitrogen and oxygen atoms in total. The normalized spacial score (nSPS) is 19.5. The number of rotatable bonds is 7. The molecule has 2 atom stereocenters. The highest BCUT2D eigenvalue weighted by Crippen LogP contribution is 2.08. The van der Waals surface area contributed by atoms with Gasteiger partial charge in [0.15, 0.2) is 5.96 Å². The van der Waals surface area contributed by atoms with Gasteiger partial charge in [-0.15, -0.1) is 24.0 Å². The van der Waals surface area contributed by atoms with Crippen LogP contribution in [0.25, 0.3) is 0 Å². The molecule has 2 rings (SSSR count). The van der Waals surface area contributed by atoms with Crippen molar-refractivity contribution in [1.29, 1.82) is 0 Å². The van der Waals surface area contributed by atoms with Crippen LogP contribution in [0.2, 0.25) is 0 Å². The number of nitrogens with one attached hydrogen (secondary N) is 2. The van der Waals surface area contributed by atoms with E-state index in [1.807, 2.05) is 12.1 Å². The summed E-state index contributed by atoms with van der Waals surface area (Å²) in [6.45, 7) is 5.02. The van der Waals surface area contributed by atoms with Gasteiger partial charge < -0.3 is 24.5 Å². The third-order valence-electron chi connectivity index (χ3n) is 3.32. The summed E-state index contributed by atoms with van der Waals surface area (Å²) in [6.07, 6.45) is 3.75. The lowest BCUT2D eigenvalue weighted by Gasteiger charge is -2.19. The van der Waals surface area contributed by atoms with Crippen LogP contribution in [0.1, 0.15) is 19.1 Å². The molecule has 2 heterocycles. The Bertz CT molecular complexity index is 420. The minimum atomic E-state index is 0. The van der Waals surface area contributed by atoms with Crippen LogP contribution in [0.5, 0.6) is 0 Å². The molecule has 1 saturated heterocycles. The largest absolute Gasteiger partial charge is 0.469 e. The van der Waals surface area contributed by atoms with E-state index in [-0.39, 0.29) is 36.1 Å². The smallest absolute Gasteiger partial charge is 0.191 e.